The second-order valence-electron chi connectivity index (χ2n) is 6.27. The summed E-state index contributed by atoms with van der Waals surface area (Å²) in [6.07, 6.45) is 0. The zero-order valence-corrected chi connectivity index (χ0v) is 16.8. The fourth-order valence-corrected chi connectivity index (χ4v) is 5.03. The number of hydrogen-bond donors (Lipinski definition) is 2. The number of nitrogens with zero attached hydrogens (tertiary/aromatic N) is 2. The van der Waals surface area contributed by atoms with Gasteiger partial charge in [-0.3, -0.25) is 4.57 Å². The number of anilines is 1. The molecule has 0 aliphatic carbocycles. The predicted octanol–water partition coefficient (Wildman–Crippen LogP) is 5.48. The summed E-state index contributed by atoms with van der Waals surface area (Å²) in [5, 5.41) is 13.5. The lowest BCUT2D eigenvalue weighted by Crippen LogP contribution is -2.23. The van der Waals surface area contributed by atoms with E-state index in [1.54, 1.807) is 0 Å². The van der Waals surface area contributed by atoms with E-state index in [-0.39, 0.29) is 5.92 Å². The molecule has 134 valence electrons. The number of allylic oxidation sites excluding steroid dienone is 1. The van der Waals surface area contributed by atoms with Crippen LogP contribution in [-0.2, 0) is 0 Å². The molecule has 1 atom stereocenters. The smallest absolute Gasteiger partial charge is 0.167 e. The van der Waals surface area contributed by atoms with E-state index in [9.17, 15) is 5.26 Å². The highest BCUT2D eigenvalue weighted by molar-refractivity contribution is 7.73. The van der Waals surface area contributed by atoms with E-state index in [1.165, 1.54) is 16.9 Å². The highest BCUT2D eigenvalue weighted by atomic mass is 35.5. The summed E-state index contributed by atoms with van der Waals surface area (Å²) in [6, 6.07) is 17.9. The summed E-state index contributed by atoms with van der Waals surface area (Å²) < 4.78 is 2.64. The fraction of sp³-hybridized carbons (Fsp3) is 0.100. The number of aromatic nitrogens is 1. The van der Waals surface area contributed by atoms with Crippen LogP contribution < -0.4 is 11.1 Å². The van der Waals surface area contributed by atoms with Crippen molar-refractivity contribution < 1.29 is 0 Å². The first-order valence-corrected chi connectivity index (χ1v) is 9.85. The summed E-state index contributed by atoms with van der Waals surface area (Å²) >= 11 is 13.6. The molecule has 2 heterocycles. The van der Waals surface area contributed by atoms with Gasteiger partial charge in [-0.05, 0) is 42.9 Å². The van der Waals surface area contributed by atoms with Crippen molar-refractivity contribution in [3.8, 4) is 11.8 Å². The van der Waals surface area contributed by atoms with Crippen molar-refractivity contribution >= 4 is 41.0 Å². The van der Waals surface area contributed by atoms with Gasteiger partial charge in [0.1, 0.15) is 11.6 Å². The Bertz CT molecular complexity index is 1170. The van der Waals surface area contributed by atoms with Gasteiger partial charge in [0.25, 0.3) is 0 Å². The lowest BCUT2D eigenvalue weighted by Gasteiger charge is -2.26. The molecule has 4 rings (SSSR count). The van der Waals surface area contributed by atoms with Crippen LogP contribution in [0.15, 0.2) is 59.9 Å². The molecule has 1 unspecified atom stereocenters. The van der Waals surface area contributed by atoms with Crippen LogP contribution in [-0.4, -0.2) is 4.57 Å². The van der Waals surface area contributed by atoms with Gasteiger partial charge in [0.15, 0.2) is 3.95 Å². The van der Waals surface area contributed by atoms with E-state index in [1.807, 2.05) is 60.0 Å². The molecule has 0 bridgehead atoms. The molecule has 1 aliphatic rings. The number of nitrogens with one attached hydrogen (secondary N) is 1. The molecule has 0 saturated carbocycles. The van der Waals surface area contributed by atoms with Gasteiger partial charge in [-0.15, -0.1) is 11.3 Å². The quantitative estimate of drug-likeness (QED) is 0.549. The van der Waals surface area contributed by atoms with E-state index in [0.717, 1.165) is 21.9 Å². The van der Waals surface area contributed by atoms with Crippen molar-refractivity contribution in [2.75, 3.05) is 5.32 Å². The molecule has 3 N–H and O–H groups in total. The zero-order valence-electron chi connectivity index (χ0n) is 14.4. The van der Waals surface area contributed by atoms with Gasteiger partial charge in [-0.2, -0.15) is 5.26 Å². The molecule has 0 saturated heterocycles. The van der Waals surface area contributed by atoms with Gasteiger partial charge in [-0.25, -0.2) is 0 Å². The number of thiazole rings is 1. The first kappa shape index (κ1) is 17.8. The lowest BCUT2D eigenvalue weighted by molar-refractivity contribution is 0.923. The van der Waals surface area contributed by atoms with E-state index in [2.05, 4.69) is 11.4 Å². The molecular formula is C20H15ClN4S2. The number of nitrogens with two attached hydrogens (primary N) is 1. The Morgan fingerprint density at radius 2 is 1.93 bits per heavy atom. The molecule has 2 aromatic carbocycles. The van der Waals surface area contributed by atoms with E-state index >= 15 is 0 Å². The Morgan fingerprint density at radius 1 is 1.22 bits per heavy atom. The van der Waals surface area contributed by atoms with Gasteiger partial charge in [0.2, 0.25) is 0 Å². The minimum Gasteiger partial charge on any atom is -0.384 e. The average molecular weight is 411 g/mol. The third-order valence-corrected chi connectivity index (χ3v) is 6.34. The first-order chi connectivity index (χ1) is 13.0. The summed E-state index contributed by atoms with van der Waals surface area (Å²) in [5.74, 6) is 0.761. The number of rotatable bonds is 2. The minimum absolute atomic E-state index is 0.323. The topological polar surface area (TPSA) is 66.8 Å². The van der Waals surface area contributed by atoms with E-state index in [4.69, 9.17) is 29.6 Å². The molecule has 1 aromatic heterocycles. The average Bonchev–Trinajstić information content (AvgIpc) is 2.97. The number of benzene rings is 2. The van der Waals surface area contributed by atoms with Crippen LogP contribution in [0.1, 0.15) is 21.9 Å². The standard InChI is InChI=1S/C20H15ClN4S2/c1-11-6-8-12(9-7-11)25-19-17(27-20(25)26)16(14(10-22)18(23)24-19)13-4-2-3-5-15(13)21/h2-9,16,24H,23H2,1H3. The Balaban J connectivity index is 1.98. The van der Waals surface area contributed by atoms with Crippen molar-refractivity contribution in [3.63, 3.8) is 0 Å². The Hall–Kier alpha value is -2.59. The normalized spacial score (nSPS) is 15.8. The third-order valence-electron chi connectivity index (χ3n) is 4.56. The predicted molar refractivity (Wildman–Crippen MR) is 113 cm³/mol. The molecular weight excluding hydrogens is 396 g/mol. The fourth-order valence-electron chi connectivity index (χ4n) is 3.24. The summed E-state index contributed by atoms with van der Waals surface area (Å²) in [6.45, 7) is 2.04. The van der Waals surface area contributed by atoms with Crippen molar-refractivity contribution in [3.05, 3.63) is 84.9 Å². The van der Waals surface area contributed by atoms with Gasteiger partial charge >= 0.3 is 0 Å². The van der Waals surface area contributed by atoms with Crippen molar-refractivity contribution in [2.45, 2.75) is 12.8 Å². The second-order valence-corrected chi connectivity index (χ2v) is 8.35. The van der Waals surface area contributed by atoms with Crippen LogP contribution in [0.25, 0.3) is 5.69 Å². The summed E-state index contributed by atoms with van der Waals surface area (Å²) in [4.78, 5) is 0.930. The number of fused-ring (bicyclic) bond motifs is 1. The highest BCUT2D eigenvalue weighted by Crippen LogP contribution is 2.46. The van der Waals surface area contributed by atoms with E-state index < -0.39 is 0 Å². The van der Waals surface area contributed by atoms with Gasteiger partial charge in [0, 0.05) is 10.7 Å². The van der Waals surface area contributed by atoms with Crippen LogP contribution in [0.3, 0.4) is 0 Å². The number of hydrogen-bond acceptors (Lipinski definition) is 5. The molecule has 0 amide bonds. The van der Waals surface area contributed by atoms with Crippen molar-refractivity contribution in [1.29, 1.82) is 5.26 Å². The Kier molecular flexibility index (Phi) is 4.52. The van der Waals surface area contributed by atoms with Crippen molar-refractivity contribution in [2.24, 2.45) is 5.73 Å². The molecule has 4 nitrogen and oxygen atoms in total. The maximum atomic E-state index is 9.73. The molecule has 7 heteroatoms. The maximum Gasteiger partial charge on any atom is 0.167 e. The van der Waals surface area contributed by atoms with Crippen LogP contribution >= 0.6 is 35.2 Å². The van der Waals surface area contributed by atoms with E-state index in [0.29, 0.717) is 20.4 Å². The Morgan fingerprint density at radius 3 is 2.59 bits per heavy atom. The first-order valence-electron chi connectivity index (χ1n) is 8.25. The van der Waals surface area contributed by atoms with Gasteiger partial charge in [-0.1, -0.05) is 47.5 Å². The van der Waals surface area contributed by atoms with Crippen molar-refractivity contribution in [1.82, 2.24) is 4.57 Å². The second kappa shape index (κ2) is 6.86. The van der Waals surface area contributed by atoms with Gasteiger partial charge in [0.05, 0.1) is 22.4 Å². The SMILES string of the molecule is Cc1ccc(-n2c3c(sc2=S)C(c2ccccc2Cl)C(C#N)=C(N)N3)cc1. The molecule has 3 aromatic rings. The monoisotopic (exact) mass is 410 g/mol. The molecule has 0 spiro atoms. The molecule has 27 heavy (non-hydrogen) atoms. The van der Waals surface area contributed by atoms with Crippen LogP contribution in [0.5, 0.6) is 0 Å². The molecule has 1 aliphatic heterocycles. The molecule has 0 fully saturated rings. The van der Waals surface area contributed by atoms with Crippen LogP contribution in [0, 0.1) is 22.2 Å². The number of nitriles is 1. The van der Waals surface area contributed by atoms with Gasteiger partial charge < -0.3 is 11.1 Å². The van der Waals surface area contributed by atoms with Crippen LogP contribution in [0.4, 0.5) is 5.82 Å². The molecule has 0 radical (unpaired) electrons. The van der Waals surface area contributed by atoms with Crippen LogP contribution in [0.2, 0.25) is 5.02 Å². The maximum absolute atomic E-state index is 9.73. The summed E-state index contributed by atoms with van der Waals surface area (Å²) in [7, 11) is 0. The highest BCUT2D eigenvalue weighted by Gasteiger charge is 2.34. The number of aryl methyl sites for hydroxylation is 1. The number of halogens is 1. The largest absolute Gasteiger partial charge is 0.384 e. The third kappa shape index (κ3) is 2.94. The zero-order chi connectivity index (χ0) is 19.1. The summed E-state index contributed by atoms with van der Waals surface area (Å²) in [5.41, 5.74) is 9.63. The lowest BCUT2D eigenvalue weighted by atomic mass is 9.88. The Labute approximate surface area is 171 Å². The minimum atomic E-state index is -0.349.